The molecule has 1 amide bonds. The number of nitrogens with one attached hydrogen (secondary N) is 1. The fourth-order valence-electron chi connectivity index (χ4n) is 2.91. The first-order valence-electron chi connectivity index (χ1n) is 7.74. The van der Waals surface area contributed by atoms with E-state index in [1.54, 1.807) is 12.4 Å². The van der Waals surface area contributed by atoms with Crippen molar-refractivity contribution in [3.8, 4) is 11.1 Å². The Kier molecular flexibility index (Phi) is 8.19. The lowest BCUT2D eigenvalue weighted by molar-refractivity contribution is 0.0703. The van der Waals surface area contributed by atoms with Gasteiger partial charge < -0.3 is 10.2 Å². The normalized spacial score (nSPS) is 14.2. The summed E-state index contributed by atoms with van der Waals surface area (Å²) in [5.41, 5.74) is 2.71. The number of halogens is 2. The Labute approximate surface area is 155 Å². The van der Waals surface area contributed by atoms with Gasteiger partial charge in [0.25, 0.3) is 5.91 Å². The minimum Gasteiger partial charge on any atom is -0.339 e. The summed E-state index contributed by atoms with van der Waals surface area (Å²) in [7, 11) is 1.90. The van der Waals surface area contributed by atoms with E-state index in [2.05, 4.69) is 10.3 Å². The van der Waals surface area contributed by atoms with Crippen LogP contribution in [0.4, 0.5) is 0 Å². The van der Waals surface area contributed by atoms with Crippen LogP contribution >= 0.6 is 24.8 Å². The van der Waals surface area contributed by atoms with Crippen LogP contribution in [0.5, 0.6) is 0 Å². The van der Waals surface area contributed by atoms with E-state index in [0.29, 0.717) is 11.6 Å². The highest BCUT2D eigenvalue weighted by Crippen LogP contribution is 2.20. The van der Waals surface area contributed by atoms with Gasteiger partial charge in [-0.2, -0.15) is 0 Å². The second-order valence-corrected chi connectivity index (χ2v) is 5.73. The molecule has 1 aromatic heterocycles. The first-order valence-corrected chi connectivity index (χ1v) is 7.74. The third-order valence-corrected chi connectivity index (χ3v) is 4.27. The molecule has 4 nitrogen and oxygen atoms in total. The van der Waals surface area contributed by atoms with Crippen LogP contribution in [0.15, 0.2) is 48.8 Å². The van der Waals surface area contributed by atoms with Crippen molar-refractivity contribution >= 4 is 30.7 Å². The maximum atomic E-state index is 12.7. The molecule has 6 heteroatoms. The van der Waals surface area contributed by atoms with Crippen molar-refractivity contribution < 1.29 is 4.79 Å². The molecule has 0 spiro atoms. The van der Waals surface area contributed by atoms with Crippen molar-refractivity contribution in [3.63, 3.8) is 0 Å². The average Bonchev–Trinajstić information content (AvgIpc) is 2.62. The Hall–Kier alpha value is -1.62. The number of pyridine rings is 1. The third kappa shape index (κ3) is 4.69. The molecule has 0 saturated carbocycles. The summed E-state index contributed by atoms with van der Waals surface area (Å²) < 4.78 is 0. The van der Waals surface area contributed by atoms with E-state index in [-0.39, 0.29) is 30.7 Å². The number of benzene rings is 1. The Morgan fingerprint density at radius 2 is 1.75 bits per heavy atom. The summed E-state index contributed by atoms with van der Waals surface area (Å²) in [5.74, 6) is 0.0529. The fraction of sp³-hybridized carbons (Fsp3) is 0.333. The largest absolute Gasteiger partial charge is 0.339 e. The van der Waals surface area contributed by atoms with E-state index in [0.717, 1.165) is 37.1 Å². The van der Waals surface area contributed by atoms with Gasteiger partial charge in [-0.05, 0) is 37.6 Å². The zero-order valence-corrected chi connectivity index (χ0v) is 15.3. The number of hydrogen-bond acceptors (Lipinski definition) is 3. The van der Waals surface area contributed by atoms with Crippen molar-refractivity contribution in [3.05, 3.63) is 54.4 Å². The molecule has 1 aliphatic heterocycles. The number of carbonyl (C=O) groups excluding carboxylic acids is 1. The molecule has 0 bridgehead atoms. The van der Waals surface area contributed by atoms with Crippen molar-refractivity contribution in [2.45, 2.75) is 18.9 Å². The van der Waals surface area contributed by atoms with Gasteiger partial charge in [0, 0.05) is 31.0 Å². The summed E-state index contributed by atoms with van der Waals surface area (Å²) in [5, 5.41) is 3.33. The second-order valence-electron chi connectivity index (χ2n) is 5.73. The molecule has 0 aliphatic carbocycles. The Morgan fingerprint density at radius 1 is 1.08 bits per heavy atom. The van der Waals surface area contributed by atoms with Crippen LogP contribution < -0.4 is 5.32 Å². The molecule has 0 unspecified atom stereocenters. The Bertz CT molecular complexity index is 646. The van der Waals surface area contributed by atoms with E-state index in [1.165, 1.54) is 0 Å². The third-order valence-electron chi connectivity index (χ3n) is 4.27. The molecule has 1 aromatic carbocycles. The molecule has 1 saturated heterocycles. The lowest BCUT2D eigenvalue weighted by Crippen LogP contribution is -2.44. The quantitative estimate of drug-likeness (QED) is 0.903. The van der Waals surface area contributed by atoms with Crippen LogP contribution in [0.3, 0.4) is 0 Å². The van der Waals surface area contributed by atoms with Gasteiger partial charge in [0.2, 0.25) is 0 Å². The van der Waals surface area contributed by atoms with E-state index in [4.69, 9.17) is 0 Å². The zero-order valence-electron chi connectivity index (χ0n) is 13.6. The first kappa shape index (κ1) is 20.4. The van der Waals surface area contributed by atoms with E-state index in [1.807, 2.05) is 48.3 Å². The number of carbonyl (C=O) groups is 1. The predicted octanol–water partition coefficient (Wildman–Crippen LogP) is 3.42. The predicted molar refractivity (Wildman–Crippen MR) is 102 cm³/mol. The molecule has 130 valence electrons. The van der Waals surface area contributed by atoms with Crippen LogP contribution in [0.25, 0.3) is 11.1 Å². The lowest BCUT2D eigenvalue weighted by Gasteiger charge is -2.31. The van der Waals surface area contributed by atoms with Gasteiger partial charge in [-0.3, -0.25) is 9.78 Å². The van der Waals surface area contributed by atoms with Crippen LogP contribution in [-0.4, -0.2) is 42.0 Å². The summed E-state index contributed by atoms with van der Waals surface area (Å²) in [6.45, 7) is 1.95. The topological polar surface area (TPSA) is 45.2 Å². The van der Waals surface area contributed by atoms with Crippen LogP contribution in [0.2, 0.25) is 0 Å². The molecule has 3 rings (SSSR count). The number of amides is 1. The molecule has 24 heavy (non-hydrogen) atoms. The number of piperidine rings is 1. The van der Waals surface area contributed by atoms with Crippen molar-refractivity contribution in [2.75, 3.05) is 20.1 Å². The standard InChI is InChI=1S/C18H21N3O.2ClH/c1-21(17-7-9-19-10-8-17)18(22)16-11-15(12-20-13-16)14-5-3-2-4-6-14;;/h2-6,11-13,17,19H,7-10H2,1H3;2*1H. The minimum atomic E-state index is 0. The Balaban J connectivity index is 0.00000144. The average molecular weight is 368 g/mol. The molecular weight excluding hydrogens is 345 g/mol. The van der Waals surface area contributed by atoms with Gasteiger partial charge in [-0.15, -0.1) is 24.8 Å². The smallest absolute Gasteiger partial charge is 0.255 e. The summed E-state index contributed by atoms with van der Waals surface area (Å²) in [4.78, 5) is 18.8. The first-order chi connectivity index (χ1) is 10.8. The lowest BCUT2D eigenvalue weighted by atomic mass is 10.0. The molecule has 1 N–H and O–H groups in total. The molecule has 0 radical (unpaired) electrons. The van der Waals surface area contributed by atoms with Gasteiger partial charge in [0.1, 0.15) is 0 Å². The molecule has 1 aliphatic rings. The fourth-order valence-corrected chi connectivity index (χ4v) is 2.91. The van der Waals surface area contributed by atoms with Gasteiger partial charge in [0.15, 0.2) is 0 Å². The van der Waals surface area contributed by atoms with Crippen LogP contribution in [-0.2, 0) is 0 Å². The summed E-state index contributed by atoms with van der Waals surface area (Å²) in [6, 6.07) is 12.3. The number of hydrogen-bond donors (Lipinski definition) is 1. The highest BCUT2D eigenvalue weighted by Gasteiger charge is 2.23. The highest BCUT2D eigenvalue weighted by atomic mass is 35.5. The number of rotatable bonds is 3. The minimum absolute atomic E-state index is 0. The molecule has 2 heterocycles. The van der Waals surface area contributed by atoms with Gasteiger partial charge in [-0.1, -0.05) is 30.3 Å². The van der Waals surface area contributed by atoms with Crippen molar-refractivity contribution in [1.29, 1.82) is 0 Å². The summed E-state index contributed by atoms with van der Waals surface area (Å²) >= 11 is 0. The van der Waals surface area contributed by atoms with E-state index < -0.39 is 0 Å². The maximum Gasteiger partial charge on any atom is 0.255 e. The van der Waals surface area contributed by atoms with Crippen LogP contribution in [0, 0.1) is 0 Å². The maximum absolute atomic E-state index is 12.7. The molecule has 0 atom stereocenters. The van der Waals surface area contributed by atoms with Gasteiger partial charge in [-0.25, -0.2) is 0 Å². The Morgan fingerprint density at radius 3 is 2.42 bits per heavy atom. The summed E-state index contributed by atoms with van der Waals surface area (Å²) in [6.07, 6.45) is 5.48. The number of nitrogens with zero attached hydrogens (tertiary/aromatic N) is 2. The SMILES string of the molecule is CN(C(=O)c1cncc(-c2ccccc2)c1)C1CCNCC1.Cl.Cl. The zero-order chi connectivity index (χ0) is 15.4. The van der Waals surface area contributed by atoms with Crippen LogP contribution in [0.1, 0.15) is 23.2 Å². The van der Waals surface area contributed by atoms with E-state index in [9.17, 15) is 4.79 Å². The van der Waals surface area contributed by atoms with Crippen molar-refractivity contribution in [2.24, 2.45) is 0 Å². The molecule has 2 aromatic rings. The molecule has 1 fully saturated rings. The monoisotopic (exact) mass is 367 g/mol. The van der Waals surface area contributed by atoms with E-state index >= 15 is 0 Å². The highest BCUT2D eigenvalue weighted by molar-refractivity contribution is 5.95. The van der Waals surface area contributed by atoms with Crippen molar-refractivity contribution in [1.82, 2.24) is 15.2 Å². The van der Waals surface area contributed by atoms with Gasteiger partial charge in [0.05, 0.1) is 5.56 Å². The van der Waals surface area contributed by atoms with Gasteiger partial charge >= 0.3 is 0 Å². The number of aromatic nitrogens is 1. The molecular formula is C18H23Cl2N3O. The second kappa shape index (κ2) is 9.62.